The van der Waals surface area contributed by atoms with Crippen molar-refractivity contribution in [1.82, 2.24) is 0 Å². The zero-order valence-corrected chi connectivity index (χ0v) is 23.0. The van der Waals surface area contributed by atoms with E-state index in [0.29, 0.717) is 0 Å². The third-order valence-electron chi connectivity index (χ3n) is 6.85. The molecule has 0 aromatic heterocycles. The Labute approximate surface area is 200 Å². The van der Waals surface area contributed by atoms with Crippen LogP contribution in [0.15, 0.2) is 12.1 Å². The Hall–Kier alpha value is -1.18. The van der Waals surface area contributed by atoms with Gasteiger partial charge in [-0.25, -0.2) is 0 Å². The molecule has 0 N–H and O–H groups in total. The SMILES string of the molecule is CC(C)CCCC(C)CCCC(C)C.CCCC[C@]1(C)CCc2cc(OC)cc(C)c2O1. The lowest BCUT2D eigenvalue weighted by atomic mass is 9.87. The van der Waals surface area contributed by atoms with Gasteiger partial charge in [-0.1, -0.05) is 86.5 Å². The normalized spacial score (nSPS) is 17.8. The van der Waals surface area contributed by atoms with E-state index in [2.05, 4.69) is 67.5 Å². The number of benzene rings is 1. The van der Waals surface area contributed by atoms with E-state index >= 15 is 0 Å². The predicted octanol–water partition coefficient (Wildman–Crippen LogP) is 9.55. The van der Waals surface area contributed by atoms with Gasteiger partial charge in [-0.05, 0) is 80.5 Å². The number of hydrogen-bond donors (Lipinski definition) is 0. The molecule has 32 heavy (non-hydrogen) atoms. The molecule has 2 nitrogen and oxygen atoms in total. The maximum Gasteiger partial charge on any atom is 0.126 e. The van der Waals surface area contributed by atoms with Crippen molar-refractivity contribution in [2.45, 2.75) is 132 Å². The van der Waals surface area contributed by atoms with E-state index in [-0.39, 0.29) is 5.60 Å². The Bertz CT molecular complexity index is 620. The summed E-state index contributed by atoms with van der Waals surface area (Å²) in [4.78, 5) is 0. The second-order valence-corrected chi connectivity index (χ2v) is 11.3. The second-order valence-electron chi connectivity index (χ2n) is 11.3. The van der Waals surface area contributed by atoms with E-state index in [4.69, 9.17) is 9.47 Å². The summed E-state index contributed by atoms with van der Waals surface area (Å²) in [6.07, 6.45) is 14.4. The van der Waals surface area contributed by atoms with Gasteiger partial charge < -0.3 is 9.47 Å². The second kappa shape index (κ2) is 14.9. The molecule has 0 saturated carbocycles. The summed E-state index contributed by atoms with van der Waals surface area (Å²) in [5, 5.41) is 0. The smallest absolute Gasteiger partial charge is 0.126 e. The third kappa shape index (κ3) is 11.1. The van der Waals surface area contributed by atoms with E-state index in [0.717, 1.165) is 48.5 Å². The molecule has 0 fully saturated rings. The molecule has 0 saturated heterocycles. The number of methoxy groups -OCH3 is 1. The summed E-state index contributed by atoms with van der Waals surface area (Å²) >= 11 is 0. The van der Waals surface area contributed by atoms with Gasteiger partial charge in [-0.2, -0.15) is 0 Å². The van der Waals surface area contributed by atoms with Crippen molar-refractivity contribution in [1.29, 1.82) is 0 Å². The van der Waals surface area contributed by atoms with Crippen LogP contribution in [-0.4, -0.2) is 12.7 Å². The van der Waals surface area contributed by atoms with Gasteiger partial charge in [0, 0.05) is 0 Å². The molecule has 2 rings (SSSR count). The summed E-state index contributed by atoms with van der Waals surface area (Å²) in [7, 11) is 1.72. The van der Waals surface area contributed by atoms with Crippen molar-refractivity contribution < 1.29 is 9.47 Å². The van der Waals surface area contributed by atoms with Crippen LogP contribution in [0.1, 0.15) is 124 Å². The fourth-order valence-electron chi connectivity index (χ4n) is 4.58. The van der Waals surface area contributed by atoms with Gasteiger partial charge in [0.15, 0.2) is 0 Å². The Kier molecular flexibility index (Phi) is 13.4. The van der Waals surface area contributed by atoms with Gasteiger partial charge in [0.1, 0.15) is 17.1 Å². The monoisotopic (exact) mass is 446 g/mol. The largest absolute Gasteiger partial charge is 0.497 e. The molecule has 0 aliphatic carbocycles. The number of unbranched alkanes of at least 4 members (excludes halogenated alkanes) is 1. The average molecular weight is 447 g/mol. The van der Waals surface area contributed by atoms with Gasteiger partial charge >= 0.3 is 0 Å². The highest BCUT2D eigenvalue weighted by molar-refractivity contribution is 5.48. The highest BCUT2D eigenvalue weighted by Gasteiger charge is 2.32. The third-order valence-corrected chi connectivity index (χ3v) is 6.85. The summed E-state index contributed by atoms with van der Waals surface area (Å²) in [6.45, 7) is 18.3. The lowest BCUT2D eigenvalue weighted by molar-refractivity contribution is 0.0530. The molecule has 1 aromatic rings. The minimum absolute atomic E-state index is 0.0162. The fraction of sp³-hybridized carbons (Fsp3) is 0.800. The molecule has 0 spiro atoms. The summed E-state index contributed by atoms with van der Waals surface area (Å²) in [5.74, 6) is 4.75. The number of rotatable bonds is 12. The minimum Gasteiger partial charge on any atom is -0.497 e. The van der Waals surface area contributed by atoms with Crippen LogP contribution in [0, 0.1) is 24.7 Å². The van der Waals surface area contributed by atoms with Gasteiger partial charge in [-0.3, -0.25) is 0 Å². The lowest BCUT2D eigenvalue weighted by Gasteiger charge is -2.37. The molecular formula is C30H54O2. The summed E-state index contributed by atoms with van der Waals surface area (Å²) < 4.78 is 11.6. The maximum absolute atomic E-state index is 6.30. The molecule has 0 bridgehead atoms. The molecule has 1 aromatic carbocycles. The van der Waals surface area contributed by atoms with Gasteiger partial charge in [0.25, 0.3) is 0 Å². The molecular weight excluding hydrogens is 392 g/mol. The molecule has 0 amide bonds. The Morgan fingerprint density at radius 1 is 0.938 bits per heavy atom. The van der Waals surface area contributed by atoms with E-state index < -0.39 is 0 Å². The molecule has 1 aliphatic rings. The van der Waals surface area contributed by atoms with Crippen LogP contribution < -0.4 is 9.47 Å². The van der Waals surface area contributed by atoms with Crippen molar-refractivity contribution in [3.05, 3.63) is 23.3 Å². The van der Waals surface area contributed by atoms with Crippen LogP contribution in [0.3, 0.4) is 0 Å². The predicted molar refractivity (Wildman–Crippen MR) is 141 cm³/mol. The molecule has 0 unspecified atom stereocenters. The Morgan fingerprint density at radius 2 is 1.53 bits per heavy atom. The molecule has 1 atom stereocenters. The van der Waals surface area contributed by atoms with Crippen molar-refractivity contribution >= 4 is 0 Å². The Morgan fingerprint density at radius 3 is 2.03 bits per heavy atom. The van der Waals surface area contributed by atoms with Crippen LogP contribution in [0.5, 0.6) is 11.5 Å². The van der Waals surface area contributed by atoms with Crippen LogP contribution in [0.25, 0.3) is 0 Å². The van der Waals surface area contributed by atoms with Crippen LogP contribution in [-0.2, 0) is 6.42 Å². The van der Waals surface area contributed by atoms with Crippen LogP contribution >= 0.6 is 0 Å². The molecule has 1 aliphatic heterocycles. The van der Waals surface area contributed by atoms with Gasteiger partial charge in [0.05, 0.1) is 7.11 Å². The van der Waals surface area contributed by atoms with Crippen molar-refractivity contribution in [3.63, 3.8) is 0 Å². The fourth-order valence-corrected chi connectivity index (χ4v) is 4.58. The molecule has 186 valence electrons. The van der Waals surface area contributed by atoms with Crippen LogP contribution in [0.2, 0.25) is 0 Å². The quantitative estimate of drug-likeness (QED) is 0.318. The van der Waals surface area contributed by atoms with Gasteiger partial charge in [0.2, 0.25) is 0 Å². The first-order valence-electron chi connectivity index (χ1n) is 13.5. The van der Waals surface area contributed by atoms with Crippen molar-refractivity contribution in [2.24, 2.45) is 17.8 Å². The van der Waals surface area contributed by atoms with Crippen molar-refractivity contribution in [2.75, 3.05) is 7.11 Å². The zero-order chi connectivity index (χ0) is 24.1. The summed E-state index contributed by atoms with van der Waals surface area (Å²) in [6, 6.07) is 4.17. The van der Waals surface area contributed by atoms with Crippen molar-refractivity contribution in [3.8, 4) is 11.5 Å². The average Bonchev–Trinajstić information content (AvgIpc) is 2.73. The highest BCUT2D eigenvalue weighted by atomic mass is 16.5. The lowest BCUT2D eigenvalue weighted by Crippen LogP contribution is -2.36. The number of hydrogen-bond acceptors (Lipinski definition) is 2. The standard InChI is InChI=1S/C16H24O2.C14H30/c1-5-6-8-16(3)9-7-13-11-14(17-4)10-12(2)15(13)18-16;1-12(2)8-6-10-14(5)11-7-9-13(3)4/h10-11H,5-9H2,1-4H3;12-14H,6-11H2,1-5H3/t16-;/m1./s1. The molecule has 2 heteroatoms. The van der Waals surface area contributed by atoms with Crippen LogP contribution in [0.4, 0.5) is 0 Å². The van der Waals surface area contributed by atoms with Gasteiger partial charge in [-0.15, -0.1) is 0 Å². The Balaban J connectivity index is 0.000000333. The highest BCUT2D eigenvalue weighted by Crippen LogP contribution is 2.40. The zero-order valence-electron chi connectivity index (χ0n) is 23.0. The van der Waals surface area contributed by atoms with E-state index in [1.165, 1.54) is 62.5 Å². The van der Waals surface area contributed by atoms with E-state index in [9.17, 15) is 0 Å². The van der Waals surface area contributed by atoms with E-state index in [1.54, 1.807) is 7.11 Å². The van der Waals surface area contributed by atoms with E-state index in [1.807, 2.05) is 0 Å². The number of ether oxygens (including phenoxy) is 2. The number of aryl methyl sites for hydroxylation is 2. The summed E-state index contributed by atoms with van der Waals surface area (Å²) in [5.41, 5.74) is 2.50. The first-order chi connectivity index (χ1) is 15.1. The minimum atomic E-state index is 0.0162. The number of fused-ring (bicyclic) bond motifs is 1. The molecule has 0 radical (unpaired) electrons. The maximum atomic E-state index is 6.30. The topological polar surface area (TPSA) is 18.5 Å². The first kappa shape index (κ1) is 28.9. The first-order valence-corrected chi connectivity index (χ1v) is 13.5. The molecule has 1 heterocycles.